The molecule has 0 aliphatic heterocycles. The maximum Gasteiger partial charge on any atom is 0.262 e. The predicted molar refractivity (Wildman–Crippen MR) is 58.5 cm³/mol. The van der Waals surface area contributed by atoms with Crippen LogP contribution in [0, 0.1) is 0 Å². The molecule has 0 bridgehead atoms. The van der Waals surface area contributed by atoms with E-state index in [1.54, 1.807) is 12.1 Å². The molecule has 0 atom stereocenters. The third-order valence-electron chi connectivity index (χ3n) is 1.28. The summed E-state index contributed by atoms with van der Waals surface area (Å²) in [7, 11) is 0. The zero-order valence-electron chi connectivity index (χ0n) is 7.24. The van der Waals surface area contributed by atoms with Crippen molar-refractivity contribution in [3.63, 3.8) is 0 Å². The van der Waals surface area contributed by atoms with E-state index in [1.807, 2.05) is 0 Å². The summed E-state index contributed by atoms with van der Waals surface area (Å²) in [6.45, 7) is 0.0925. The van der Waals surface area contributed by atoms with Crippen LogP contribution in [0.15, 0.2) is 18.3 Å². The number of pyridine rings is 1. The molecule has 0 aliphatic carbocycles. The van der Waals surface area contributed by atoms with E-state index in [0.29, 0.717) is 10.8 Å². The van der Waals surface area contributed by atoms with Crippen LogP contribution in [-0.4, -0.2) is 28.5 Å². The minimum absolute atomic E-state index is 0.0735. The van der Waals surface area contributed by atoms with E-state index in [4.69, 9.17) is 33.7 Å². The number of aliphatic hydroxyl groups excluding tert-OH is 1. The monoisotopic (exact) mass is 232 g/mol. The van der Waals surface area contributed by atoms with Crippen molar-refractivity contribution in [3.8, 4) is 0 Å². The Morgan fingerprint density at radius 3 is 3.00 bits per heavy atom. The van der Waals surface area contributed by atoms with Gasteiger partial charge in [0.1, 0.15) is 12.4 Å². The lowest BCUT2D eigenvalue weighted by atomic mass is 10.5. The molecule has 0 saturated carbocycles. The second kappa shape index (κ2) is 5.74. The molecule has 14 heavy (non-hydrogen) atoms. The molecule has 6 heteroatoms. The first-order valence-electron chi connectivity index (χ1n) is 3.88. The molecular weight excluding hydrogens is 224 g/mol. The number of anilines is 1. The van der Waals surface area contributed by atoms with Gasteiger partial charge >= 0.3 is 0 Å². The van der Waals surface area contributed by atoms with Gasteiger partial charge in [0.25, 0.3) is 5.17 Å². The van der Waals surface area contributed by atoms with Gasteiger partial charge in [0.2, 0.25) is 0 Å². The summed E-state index contributed by atoms with van der Waals surface area (Å²) in [4.78, 5) is 3.95. The van der Waals surface area contributed by atoms with Gasteiger partial charge in [-0.3, -0.25) is 0 Å². The summed E-state index contributed by atoms with van der Waals surface area (Å²) in [5.74, 6) is 0.553. The molecule has 1 aromatic rings. The smallest absolute Gasteiger partial charge is 0.262 e. The van der Waals surface area contributed by atoms with Gasteiger partial charge in [-0.05, 0) is 24.4 Å². The number of nitrogens with zero attached hydrogens (tertiary/aromatic N) is 1. The van der Waals surface area contributed by atoms with E-state index < -0.39 is 0 Å². The first kappa shape index (κ1) is 11.2. The molecule has 0 amide bonds. The molecule has 0 unspecified atom stereocenters. The van der Waals surface area contributed by atoms with Crippen LogP contribution in [0.1, 0.15) is 0 Å². The van der Waals surface area contributed by atoms with Crippen molar-refractivity contribution in [1.29, 1.82) is 0 Å². The van der Waals surface area contributed by atoms with Crippen LogP contribution in [0.3, 0.4) is 0 Å². The minimum atomic E-state index is -0.0735. The topological polar surface area (TPSA) is 54.4 Å². The molecule has 0 fully saturated rings. The van der Waals surface area contributed by atoms with Crippen molar-refractivity contribution in [2.75, 3.05) is 18.5 Å². The number of ether oxygens (including phenoxy) is 1. The Morgan fingerprint density at radius 1 is 1.64 bits per heavy atom. The maximum absolute atomic E-state index is 8.47. The standard InChI is InChI=1S/C8H9ClN2O2S/c9-6-1-2-7(10-5-6)11-8(14)13-4-3-12/h1-2,5,12H,3-4H2,(H,10,11,14). The van der Waals surface area contributed by atoms with Crippen molar-refractivity contribution in [3.05, 3.63) is 23.4 Å². The molecule has 1 aromatic heterocycles. The van der Waals surface area contributed by atoms with Gasteiger partial charge < -0.3 is 15.2 Å². The number of hydrogen-bond acceptors (Lipinski definition) is 4. The number of thiocarbonyl (C=S) groups is 1. The number of rotatable bonds is 3. The van der Waals surface area contributed by atoms with Gasteiger partial charge in [-0.25, -0.2) is 4.98 Å². The zero-order chi connectivity index (χ0) is 10.4. The quantitative estimate of drug-likeness (QED) is 0.773. The van der Waals surface area contributed by atoms with Crippen LogP contribution in [0.2, 0.25) is 5.02 Å². The van der Waals surface area contributed by atoms with E-state index in [2.05, 4.69) is 10.3 Å². The molecule has 1 rings (SSSR count). The number of aliphatic hydroxyl groups is 1. The highest BCUT2D eigenvalue weighted by molar-refractivity contribution is 7.80. The van der Waals surface area contributed by atoms with Crippen molar-refractivity contribution < 1.29 is 9.84 Å². The maximum atomic E-state index is 8.47. The average molecular weight is 233 g/mol. The highest BCUT2D eigenvalue weighted by Crippen LogP contribution is 2.09. The minimum Gasteiger partial charge on any atom is -0.468 e. The first-order valence-corrected chi connectivity index (χ1v) is 4.67. The lowest BCUT2D eigenvalue weighted by molar-refractivity contribution is 0.197. The fourth-order valence-electron chi connectivity index (χ4n) is 0.729. The molecule has 0 aliphatic rings. The Labute approximate surface area is 91.9 Å². The summed E-state index contributed by atoms with van der Waals surface area (Å²) in [5, 5.41) is 11.9. The van der Waals surface area contributed by atoms with Gasteiger partial charge in [0.15, 0.2) is 0 Å². The van der Waals surface area contributed by atoms with Crippen molar-refractivity contribution >= 4 is 34.8 Å². The Hall–Kier alpha value is -0.910. The normalized spacial score (nSPS) is 9.57. The molecule has 0 radical (unpaired) electrons. The molecule has 4 nitrogen and oxygen atoms in total. The van der Waals surface area contributed by atoms with Crippen LogP contribution < -0.4 is 5.32 Å². The first-order chi connectivity index (χ1) is 6.72. The molecular formula is C8H9ClN2O2S. The van der Waals surface area contributed by atoms with Crippen molar-refractivity contribution in [2.24, 2.45) is 0 Å². The Balaban J connectivity index is 2.44. The Bertz CT molecular complexity index is 305. The summed E-state index contributed by atoms with van der Waals surface area (Å²) >= 11 is 10.5. The number of aromatic nitrogens is 1. The van der Waals surface area contributed by atoms with Crippen molar-refractivity contribution in [2.45, 2.75) is 0 Å². The van der Waals surface area contributed by atoms with Crippen LogP contribution in [0.5, 0.6) is 0 Å². The van der Waals surface area contributed by atoms with E-state index in [9.17, 15) is 0 Å². The number of nitrogens with one attached hydrogen (secondary N) is 1. The fourth-order valence-corrected chi connectivity index (χ4v) is 1.03. The van der Waals surface area contributed by atoms with Gasteiger partial charge in [-0.15, -0.1) is 0 Å². The average Bonchev–Trinajstić information content (AvgIpc) is 2.18. The van der Waals surface area contributed by atoms with Crippen molar-refractivity contribution in [1.82, 2.24) is 4.98 Å². The van der Waals surface area contributed by atoms with Crippen LogP contribution >= 0.6 is 23.8 Å². The predicted octanol–water partition coefficient (Wildman–Crippen LogP) is 1.44. The summed E-state index contributed by atoms with van der Waals surface area (Å²) in [6.07, 6.45) is 1.50. The van der Waals surface area contributed by atoms with Crippen LogP contribution in [-0.2, 0) is 4.74 Å². The third-order valence-corrected chi connectivity index (χ3v) is 1.73. The molecule has 76 valence electrons. The summed E-state index contributed by atoms with van der Waals surface area (Å²) < 4.78 is 4.92. The third kappa shape index (κ3) is 3.87. The SMILES string of the molecule is OCCOC(=S)Nc1ccc(Cl)cn1. The van der Waals surface area contributed by atoms with E-state index in [0.717, 1.165) is 0 Å². The lowest BCUT2D eigenvalue weighted by Crippen LogP contribution is -2.16. The molecule has 2 N–H and O–H groups in total. The fraction of sp³-hybridized carbons (Fsp3) is 0.250. The number of hydrogen-bond donors (Lipinski definition) is 2. The summed E-state index contributed by atoms with van der Waals surface area (Å²) in [5.41, 5.74) is 0. The van der Waals surface area contributed by atoms with Gasteiger partial charge in [-0.2, -0.15) is 0 Å². The van der Waals surface area contributed by atoms with Gasteiger partial charge in [0, 0.05) is 6.20 Å². The Morgan fingerprint density at radius 2 is 2.43 bits per heavy atom. The van der Waals surface area contributed by atoms with E-state index in [-0.39, 0.29) is 18.4 Å². The highest BCUT2D eigenvalue weighted by Gasteiger charge is 1.98. The van der Waals surface area contributed by atoms with Crippen LogP contribution in [0.25, 0.3) is 0 Å². The molecule has 0 saturated heterocycles. The zero-order valence-corrected chi connectivity index (χ0v) is 8.81. The second-order valence-corrected chi connectivity index (χ2v) is 3.15. The van der Waals surface area contributed by atoms with Gasteiger partial charge in [0.05, 0.1) is 11.6 Å². The lowest BCUT2D eigenvalue weighted by Gasteiger charge is -2.07. The van der Waals surface area contributed by atoms with Gasteiger partial charge in [-0.1, -0.05) is 11.6 Å². The van der Waals surface area contributed by atoms with Crippen LogP contribution in [0.4, 0.5) is 5.82 Å². The van der Waals surface area contributed by atoms with E-state index >= 15 is 0 Å². The number of halogens is 1. The second-order valence-electron chi connectivity index (χ2n) is 2.35. The molecule has 0 aromatic carbocycles. The molecule has 1 heterocycles. The largest absolute Gasteiger partial charge is 0.468 e. The Kier molecular flexibility index (Phi) is 4.58. The molecule has 0 spiro atoms. The summed E-state index contributed by atoms with van der Waals surface area (Å²) in [6, 6.07) is 3.36. The van der Waals surface area contributed by atoms with E-state index in [1.165, 1.54) is 6.20 Å². The highest BCUT2D eigenvalue weighted by atomic mass is 35.5.